The highest BCUT2D eigenvalue weighted by molar-refractivity contribution is 5.87. The van der Waals surface area contributed by atoms with Gasteiger partial charge in [0.05, 0.1) is 13.2 Å². The van der Waals surface area contributed by atoms with Crippen LogP contribution in [0.1, 0.15) is 18.4 Å². The molecule has 2 fully saturated rings. The maximum atomic E-state index is 12.5. The molecule has 2 aromatic rings. The Balaban J connectivity index is 1.58. The summed E-state index contributed by atoms with van der Waals surface area (Å²) in [5.41, 5.74) is 7.52. The molecule has 4 rings (SSSR count). The summed E-state index contributed by atoms with van der Waals surface area (Å²) in [5.74, 6) is -0.293. The molecule has 1 saturated carbocycles. The van der Waals surface area contributed by atoms with Gasteiger partial charge in [0.15, 0.2) is 5.60 Å². The van der Waals surface area contributed by atoms with Crippen LogP contribution in [0.25, 0.3) is 11.1 Å². The average Bonchev–Trinajstić information content (AvgIpc) is 3.54. The fraction of sp³-hybridized carbons (Fsp3) is 0.381. The first-order valence-corrected chi connectivity index (χ1v) is 9.29. The third-order valence-electron chi connectivity index (χ3n) is 5.28. The highest BCUT2D eigenvalue weighted by Crippen LogP contribution is 2.33. The highest BCUT2D eigenvalue weighted by Gasteiger charge is 2.45. The van der Waals surface area contributed by atoms with E-state index < -0.39 is 11.5 Å². The van der Waals surface area contributed by atoms with Gasteiger partial charge in [0.1, 0.15) is 0 Å². The van der Waals surface area contributed by atoms with Gasteiger partial charge in [0, 0.05) is 31.3 Å². The van der Waals surface area contributed by atoms with Crippen molar-refractivity contribution in [3.63, 3.8) is 0 Å². The molecule has 1 aliphatic carbocycles. The van der Waals surface area contributed by atoms with Gasteiger partial charge < -0.3 is 15.4 Å². The number of pyridine rings is 1. The summed E-state index contributed by atoms with van der Waals surface area (Å²) in [7, 11) is 0. The summed E-state index contributed by atoms with van der Waals surface area (Å²) >= 11 is 0. The van der Waals surface area contributed by atoms with E-state index >= 15 is 0 Å². The van der Waals surface area contributed by atoms with Crippen molar-refractivity contribution in [3.05, 3.63) is 54.4 Å². The molecule has 27 heavy (non-hydrogen) atoms. The van der Waals surface area contributed by atoms with Crippen LogP contribution in [0, 0.1) is 5.92 Å². The number of primary amides is 1. The van der Waals surface area contributed by atoms with Crippen LogP contribution in [0.15, 0.2) is 48.8 Å². The molecule has 1 saturated heterocycles. The van der Waals surface area contributed by atoms with Crippen molar-refractivity contribution < 1.29 is 14.3 Å². The third kappa shape index (κ3) is 3.71. The van der Waals surface area contributed by atoms with Gasteiger partial charge in [-0.25, -0.2) is 0 Å². The van der Waals surface area contributed by atoms with Gasteiger partial charge in [-0.2, -0.15) is 0 Å². The van der Waals surface area contributed by atoms with Crippen molar-refractivity contribution in [3.8, 4) is 11.1 Å². The van der Waals surface area contributed by atoms with Crippen LogP contribution in [0.2, 0.25) is 0 Å². The van der Waals surface area contributed by atoms with E-state index in [1.807, 2.05) is 36.4 Å². The fourth-order valence-electron chi connectivity index (χ4n) is 3.63. The molecule has 2 amide bonds. The Bertz CT molecular complexity index is 851. The number of benzene rings is 1. The Morgan fingerprint density at radius 2 is 2.04 bits per heavy atom. The molecule has 1 aromatic carbocycles. The number of hydrogen-bond donors (Lipinski definition) is 1. The molecule has 0 radical (unpaired) electrons. The monoisotopic (exact) mass is 365 g/mol. The second-order valence-electron chi connectivity index (χ2n) is 7.36. The van der Waals surface area contributed by atoms with E-state index in [9.17, 15) is 9.59 Å². The Hall–Kier alpha value is -2.73. The second-order valence-corrected chi connectivity index (χ2v) is 7.36. The minimum absolute atomic E-state index is 0.114. The van der Waals surface area contributed by atoms with E-state index in [2.05, 4.69) is 4.98 Å². The third-order valence-corrected chi connectivity index (χ3v) is 5.28. The first kappa shape index (κ1) is 17.7. The number of morpholine rings is 1. The lowest BCUT2D eigenvalue weighted by Crippen LogP contribution is -2.61. The van der Waals surface area contributed by atoms with Crippen LogP contribution in [0.5, 0.6) is 0 Å². The van der Waals surface area contributed by atoms with Gasteiger partial charge in [0.25, 0.3) is 5.91 Å². The largest absolute Gasteiger partial charge is 0.367 e. The predicted molar refractivity (Wildman–Crippen MR) is 101 cm³/mol. The molecule has 1 unspecified atom stereocenters. The molecule has 6 nitrogen and oxygen atoms in total. The summed E-state index contributed by atoms with van der Waals surface area (Å²) in [6.45, 7) is 1.05. The maximum absolute atomic E-state index is 12.5. The van der Waals surface area contributed by atoms with Crippen molar-refractivity contribution in [2.75, 3.05) is 19.7 Å². The molecule has 1 atom stereocenters. The zero-order chi connectivity index (χ0) is 18.9. The quantitative estimate of drug-likeness (QED) is 0.875. The molecule has 0 spiro atoms. The van der Waals surface area contributed by atoms with Crippen molar-refractivity contribution >= 4 is 11.8 Å². The topological polar surface area (TPSA) is 85.5 Å². The first-order valence-electron chi connectivity index (χ1n) is 9.29. The summed E-state index contributed by atoms with van der Waals surface area (Å²) < 4.78 is 5.88. The van der Waals surface area contributed by atoms with Gasteiger partial charge in [-0.3, -0.25) is 14.6 Å². The highest BCUT2D eigenvalue weighted by atomic mass is 16.5. The van der Waals surface area contributed by atoms with Crippen molar-refractivity contribution in [2.45, 2.75) is 24.9 Å². The number of rotatable bonds is 5. The smallest absolute Gasteiger partial charge is 0.251 e. The maximum Gasteiger partial charge on any atom is 0.251 e. The normalized spacial score (nSPS) is 22.4. The zero-order valence-corrected chi connectivity index (χ0v) is 15.1. The van der Waals surface area contributed by atoms with Crippen molar-refractivity contribution in [1.29, 1.82) is 0 Å². The molecule has 6 heteroatoms. The fourth-order valence-corrected chi connectivity index (χ4v) is 3.63. The number of carbonyl (C=O) groups excluding carboxylic acids is 2. The van der Waals surface area contributed by atoms with Crippen LogP contribution in [-0.2, 0) is 20.7 Å². The van der Waals surface area contributed by atoms with E-state index in [0.29, 0.717) is 19.6 Å². The van der Waals surface area contributed by atoms with E-state index in [4.69, 9.17) is 10.5 Å². The number of nitrogens with two attached hydrogens (primary N) is 1. The number of nitrogens with zero attached hydrogens (tertiary/aromatic N) is 2. The van der Waals surface area contributed by atoms with Gasteiger partial charge in [-0.15, -0.1) is 0 Å². The standard InChI is InChI=1S/C21H23N3O3/c22-20(26)21(14-24(9-10-27-21)19(25)16-6-7-16)12-15-3-1-4-17(11-15)18-5-2-8-23-13-18/h1-5,8,11,13,16H,6-7,9-10,12,14H2,(H2,22,26). The van der Waals surface area contributed by atoms with Gasteiger partial charge in [0.2, 0.25) is 5.91 Å². The Kier molecular flexibility index (Phi) is 4.66. The average molecular weight is 365 g/mol. The van der Waals surface area contributed by atoms with Crippen LogP contribution >= 0.6 is 0 Å². The van der Waals surface area contributed by atoms with Crippen molar-refractivity contribution in [1.82, 2.24) is 9.88 Å². The van der Waals surface area contributed by atoms with Crippen LogP contribution in [0.4, 0.5) is 0 Å². The number of carbonyl (C=O) groups is 2. The van der Waals surface area contributed by atoms with Crippen LogP contribution in [0.3, 0.4) is 0 Å². The molecule has 1 aliphatic heterocycles. The summed E-state index contributed by atoms with van der Waals surface area (Å²) in [4.78, 5) is 30.7. The molecule has 140 valence electrons. The Morgan fingerprint density at radius 3 is 2.74 bits per heavy atom. The SMILES string of the molecule is NC(=O)C1(Cc2cccc(-c3cccnc3)c2)CN(C(=O)C2CC2)CCO1. The summed E-state index contributed by atoms with van der Waals surface area (Å²) in [6.07, 6.45) is 5.75. The number of amides is 2. The van der Waals surface area contributed by atoms with Gasteiger partial charge in [-0.05, 0) is 35.6 Å². The predicted octanol–water partition coefficient (Wildman–Crippen LogP) is 1.78. The van der Waals surface area contributed by atoms with Crippen LogP contribution in [-0.4, -0.2) is 47.0 Å². The summed E-state index contributed by atoms with van der Waals surface area (Å²) in [5, 5.41) is 0. The van der Waals surface area contributed by atoms with E-state index in [1.54, 1.807) is 17.3 Å². The van der Waals surface area contributed by atoms with E-state index in [1.165, 1.54) is 0 Å². The van der Waals surface area contributed by atoms with Crippen LogP contribution < -0.4 is 5.73 Å². The minimum atomic E-state index is -1.18. The lowest BCUT2D eigenvalue weighted by molar-refractivity contribution is -0.164. The Morgan fingerprint density at radius 1 is 1.22 bits per heavy atom. The van der Waals surface area contributed by atoms with E-state index in [0.717, 1.165) is 29.5 Å². The lowest BCUT2D eigenvalue weighted by Gasteiger charge is -2.41. The molecule has 2 heterocycles. The molecule has 1 aromatic heterocycles. The molecule has 2 aliphatic rings. The zero-order valence-electron chi connectivity index (χ0n) is 15.1. The molecule has 0 bridgehead atoms. The first-order chi connectivity index (χ1) is 13.1. The molecular formula is C21H23N3O3. The Labute approximate surface area is 158 Å². The number of hydrogen-bond acceptors (Lipinski definition) is 4. The molecular weight excluding hydrogens is 342 g/mol. The lowest BCUT2D eigenvalue weighted by atomic mass is 9.90. The summed E-state index contributed by atoms with van der Waals surface area (Å²) in [6, 6.07) is 11.8. The molecule has 2 N–H and O–H groups in total. The van der Waals surface area contributed by atoms with Gasteiger partial charge >= 0.3 is 0 Å². The second kappa shape index (κ2) is 7.12. The van der Waals surface area contributed by atoms with Crippen molar-refractivity contribution in [2.24, 2.45) is 11.7 Å². The number of ether oxygens (including phenoxy) is 1. The van der Waals surface area contributed by atoms with E-state index in [-0.39, 0.29) is 18.4 Å². The minimum Gasteiger partial charge on any atom is -0.367 e. The van der Waals surface area contributed by atoms with Gasteiger partial charge in [-0.1, -0.05) is 30.3 Å². The number of aromatic nitrogens is 1.